The molecule has 2 rings (SSSR count). The van der Waals surface area contributed by atoms with Crippen LogP contribution in [-0.4, -0.2) is 0 Å². The van der Waals surface area contributed by atoms with Gasteiger partial charge in [0.1, 0.15) is 0 Å². The van der Waals surface area contributed by atoms with Crippen molar-refractivity contribution in [2.45, 2.75) is 26.7 Å². The molecular weight excluding hydrogens is 228 g/mol. The average molecular weight is 245 g/mol. The summed E-state index contributed by atoms with van der Waals surface area (Å²) < 4.78 is 0. The molecule has 0 radical (unpaired) electrons. The monoisotopic (exact) mass is 244 g/mol. The molecule has 1 heteroatoms. The summed E-state index contributed by atoms with van der Waals surface area (Å²) in [5.74, 6) is 0.338. The molecule has 0 saturated carbocycles. The van der Waals surface area contributed by atoms with E-state index in [0.717, 1.165) is 5.02 Å². The van der Waals surface area contributed by atoms with Crippen molar-refractivity contribution in [3.8, 4) is 0 Å². The Balaban J connectivity index is 2.51. The lowest BCUT2D eigenvalue weighted by Crippen LogP contribution is -2.02. The SMILES string of the molecule is Cc1cccc(C)c1C(C)c1ccccc1Cl. The van der Waals surface area contributed by atoms with Gasteiger partial charge in [-0.1, -0.05) is 54.9 Å². The van der Waals surface area contributed by atoms with Gasteiger partial charge in [0.25, 0.3) is 0 Å². The van der Waals surface area contributed by atoms with Crippen LogP contribution in [0.4, 0.5) is 0 Å². The van der Waals surface area contributed by atoms with E-state index < -0.39 is 0 Å². The molecule has 0 fully saturated rings. The molecule has 0 aliphatic rings. The molecule has 0 nitrogen and oxygen atoms in total. The van der Waals surface area contributed by atoms with E-state index in [4.69, 9.17) is 11.6 Å². The van der Waals surface area contributed by atoms with Crippen molar-refractivity contribution in [3.63, 3.8) is 0 Å². The Morgan fingerprint density at radius 2 is 1.47 bits per heavy atom. The van der Waals surface area contributed by atoms with Gasteiger partial charge in [-0.05, 0) is 42.2 Å². The Kier molecular flexibility index (Phi) is 3.54. The molecule has 0 N–H and O–H groups in total. The Hall–Kier alpha value is -1.27. The second-order valence-electron chi connectivity index (χ2n) is 4.55. The number of halogens is 1. The van der Waals surface area contributed by atoms with Crippen LogP contribution < -0.4 is 0 Å². The fourth-order valence-electron chi connectivity index (χ4n) is 2.49. The second-order valence-corrected chi connectivity index (χ2v) is 4.96. The summed E-state index contributed by atoms with van der Waals surface area (Å²) in [6, 6.07) is 14.5. The van der Waals surface area contributed by atoms with Crippen LogP contribution in [0.2, 0.25) is 5.02 Å². The predicted molar refractivity (Wildman–Crippen MR) is 74.9 cm³/mol. The molecule has 0 aliphatic heterocycles. The van der Waals surface area contributed by atoms with Crippen LogP contribution in [0, 0.1) is 13.8 Å². The maximum absolute atomic E-state index is 6.27. The van der Waals surface area contributed by atoms with Crippen molar-refractivity contribution in [2.75, 3.05) is 0 Å². The minimum Gasteiger partial charge on any atom is -0.0840 e. The van der Waals surface area contributed by atoms with Crippen molar-refractivity contribution in [2.24, 2.45) is 0 Å². The summed E-state index contributed by atoms with van der Waals surface area (Å²) in [6.07, 6.45) is 0. The van der Waals surface area contributed by atoms with Crippen molar-refractivity contribution in [1.29, 1.82) is 0 Å². The van der Waals surface area contributed by atoms with Crippen molar-refractivity contribution in [1.82, 2.24) is 0 Å². The third kappa shape index (κ3) is 2.37. The molecule has 0 aromatic heterocycles. The molecule has 0 bridgehead atoms. The maximum Gasteiger partial charge on any atom is 0.0444 e. The smallest absolute Gasteiger partial charge is 0.0444 e. The standard InChI is InChI=1S/C16H17Cl/c1-11-7-6-8-12(2)16(11)13(3)14-9-4-5-10-15(14)17/h4-10,13H,1-3H3. The zero-order chi connectivity index (χ0) is 12.4. The van der Waals surface area contributed by atoms with E-state index in [1.807, 2.05) is 18.2 Å². The van der Waals surface area contributed by atoms with E-state index in [1.54, 1.807) is 0 Å². The fraction of sp³-hybridized carbons (Fsp3) is 0.250. The van der Waals surface area contributed by atoms with Gasteiger partial charge in [0.2, 0.25) is 0 Å². The Labute approximate surface area is 108 Å². The van der Waals surface area contributed by atoms with Gasteiger partial charge in [-0.3, -0.25) is 0 Å². The summed E-state index contributed by atoms with van der Waals surface area (Å²) in [5, 5.41) is 0.850. The minimum atomic E-state index is 0.338. The van der Waals surface area contributed by atoms with Crippen molar-refractivity contribution in [3.05, 3.63) is 69.7 Å². The number of benzene rings is 2. The first-order valence-corrected chi connectivity index (χ1v) is 6.29. The molecule has 17 heavy (non-hydrogen) atoms. The van der Waals surface area contributed by atoms with Gasteiger partial charge < -0.3 is 0 Å². The van der Waals surface area contributed by atoms with Crippen LogP contribution in [0.3, 0.4) is 0 Å². The highest BCUT2D eigenvalue weighted by Gasteiger charge is 2.15. The third-order valence-corrected chi connectivity index (χ3v) is 3.69. The summed E-state index contributed by atoms with van der Waals surface area (Å²) >= 11 is 6.27. The lowest BCUT2D eigenvalue weighted by atomic mass is 9.87. The summed E-state index contributed by atoms with van der Waals surface area (Å²) in [5.41, 5.74) is 5.25. The van der Waals surface area contributed by atoms with Gasteiger partial charge in [-0.2, -0.15) is 0 Å². The Morgan fingerprint density at radius 3 is 2.06 bits per heavy atom. The summed E-state index contributed by atoms with van der Waals surface area (Å²) in [6.45, 7) is 6.54. The third-order valence-electron chi connectivity index (χ3n) is 3.35. The Bertz CT molecular complexity index is 509. The van der Waals surface area contributed by atoms with Crippen LogP contribution in [0.1, 0.15) is 35.1 Å². The van der Waals surface area contributed by atoms with E-state index in [1.165, 1.54) is 22.3 Å². The molecule has 2 aromatic carbocycles. The zero-order valence-electron chi connectivity index (χ0n) is 10.5. The molecular formula is C16H17Cl. The van der Waals surface area contributed by atoms with Crippen molar-refractivity contribution >= 4 is 11.6 Å². The molecule has 2 aromatic rings. The highest BCUT2D eigenvalue weighted by molar-refractivity contribution is 6.31. The topological polar surface area (TPSA) is 0 Å². The quantitative estimate of drug-likeness (QED) is 0.689. The molecule has 0 spiro atoms. The van der Waals surface area contributed by atoms with Crippen LogP contribution in [0.15, 0.2) is 42.5 Å². The first-order valence-electron chi connectivity index (χ1n) is 5.92. The van der Waals surface area contributed by atoms with Gasteiger partial charge in [-0.15, -0.1) is 0 Å². The normalized spacial score (nSPS) is 12.5. The van der Waals surface area contributed by atoms with Gasteiger partial charge >= 0.3 is 0 Å². The highest BCUT2D eigenvalue weighted by Crippen LogP contribution is 2.33. The fourth-order valence-corrected chi connectivity index (χ4v) is 2.79. The second kappa shape index (κ2) is 4.93. The highest BCUT2D eigenvalue weighted by atomic mass is 35.5. The molecule has 1 unspecified atom stereocenters. The molecule has 0 heterocycles. The van der Waals surface area contributed by atoms with Crippen LogP contribution in [-0.2, 0) is 0 Å². The van der Waals surface area contributed by atoms with Crippen LogP contribution in [0.5, 0.6) is 0 Å². The summed E-state index contributed by atoms with van der Waals surface area (Å²) in [4.78, 5) is 0. The van der Waals surface area contributed by atoms with Crippen molar-refractivity contribution < 1.29 is 0 Å². The average Bonchev–Trinajstić information content (AvgIpc) is 2.29. The number of aryl methyl sites for hydroxylation is 2. The Morgan fingerprint density at radius 1 is 0.882 bits per heavy atom. The molecule has 1 atom stereocenters. The first kappa shape index (κ1) is 12.2. The van der Waals surface area contributed by atoms with E-state index in [2.05, 4.69) is 45.0 Å². The summed E-state index contributed by atoms with van der Waals surface area (Å²) in [7, 11) is 0. The van der Waals surface area contributed by atoms with E-state index in [-0.39, 0.29) is 0 Å². The van der Waals surface area contributed by atoms with Crippen LogP contribution in [0.25, 0.3) is 0 Å². The molecule has 88 valence electrons. The minimum absolute atomic E-state index is 0.338. The van der Waals surface area contributed by atoms with E-state index >= 15 is 0 Å². The maximum atomic E-state index is 6.27. The van der Waals surface area contributed by atoms with Gasteiger partial charge in [0.05, 0.1) is 0 Å². The molecule has 0 aliphatic carbocycles. The number of rotatable bonds is 2. The number of hydrogen-bond acceptors (Lipinski definition) is 0. The molecule has 0 amide bonds. The van der Waals surface area contributed by atoms with E-state index in [9.17, 15) is 0 Å². The van der Waals surface area contributed by atoms with Gasteiger partial charge in [0.15, 0.2) is 0 Å². The zero-order valence-corrected chi connectivity index (χ0v) is 11.3. The van der Waals surface area contributed by atoms with Crippen LogP contribution >= 0.6 is 11.6 Å². The lowest BCUT2D eigenvalue weighted by molar-refractivity contribution is 0.898. The molecule has 0 saturated heterocycles. The predicted octanol–water partition coefficient (Wildman–Crippen LogP) is 5.11. The lowest BCUT2D eigenvalue weighted by Gasteiger charge is -2.19. The largest absolute Gasteiger partial charge is 0.0840 e. The number of hydrogen-bond donors (Lipinski definition) is 0. The first-order chi connectivity index (χ1) is 8.11. The van der Waals surface area contributed by atoms with E-state index in [0.29, 0.717) is 5.92 Å². The van der Waals surface area contributed by atoms with Gasteiger partial charge in [0, 0.05) is 10.9 Å². The van der Waals surface area contributed by atoms with Gasteiger partial charge in [-0.25, -0.2) is 0 Å².